The summed E-state index contributed by atoms with van der Waals surface area (Å²) in [6.45, 7) is 1.56. The van der Waals surface area contributed by atoms with E-state index in [1.165, 1.54) is 14.2 Å². The Morgan fingerprint density at radius 3 is 2.47 bits per heavy atom. The molecule has 5 heteroatoms. The number of phenolic OH excluding ortho intramolecular Hbond substituents is 1. The number of thioether (sulfide) groups is 1. The Balaban J connectivity index is 2.52. The summed E-state index contributed by atoms with van der Waals surface area (Å²) in [7, 11) is 3.03. The molecule has 0 aliphatic rings. The summed E-state index contributed by atoms with van der Waals surface area (Å²) < 4.78 is 10.2. The van der Waals surface area contributed by atoms with E-state index >= 15 is 0 Å². The molecule has 1 aromatic rings. The standard InChI is InChI=1S/C14H19NO3S/c1-4-6-19-7-5-15-10-11-8-12(17-2)14(16)13(9-11)18-3/h1,8-9,15-16H,5-7,10H2,2-3H3. The Labute approximate surface area is 118 Å². The highest BCUT2D eigenvalue weighted by Crippen LogP contribution is 2.36. The highest BCUT2D eigenvalue weighted by Gasteiger charge is 2.10. The van der Waals surface area contributed by atoms with Gasteiger partial charge in [-0.05, 0) is 17.7 Å². The number of hydrogen-bond acceptors (Lipinski definition) is 5. The van der Waals surface area contributed by atoms with Crippen molar-refractivity contribution >= 4 is 11.8 Å². The minimum absolute atomic E-state index is 0.0262. The molecule has 0 saturated carbocycles. The van der Waals surface area contributed by atoms with Crippen LogP contribution >= 0.6 is 11.8 Å². The molecule has 0 radical (unpaired) electrons. The zero-order valence-electron chi connectivity index (χ0n) is 11.2. The van der Waals surface area contributed by atoms with Crippen LogP contribution in [0.1, 0.15) is 5.56 Å². The molecule has 2 N–H and O–H groups in total. The minimum Gasteiger partial charge on any atom is -0.502 e. The monoisotopic (exact) mass is 281 g/mol. The molecule has 1 rings (SSSR count). The van der Waals surface area contributed by atoms with Gasteiger partial charge in [-0.1, -0.05) is 5.92 Å². The predicted molar refractivity (Wildman–Crippen MR) is 79.1 cm³/mol. The van der Waals surface area contributed by atoms with Crippen molar-refractivity contribution in [2.45, 2.75) is 6.54 Å². The van der Waals surface area contributed by atoms with E-state index in [-0.39, 0.29) is 5.75 Å². The molecule has 0 saturated heterocycles. The lowest BCUT2D eigenvalue weighted by atomic mass is 10.2. The first-order chi connectivity index (χ1) is 9.22. The van der Waals surface area contributed by atoms with E-state index in [4.69, 9.17) is 15.9 Å². The van der Waals surface area contributed by atoms with Gasteiger partial charge in [0, 0.05) is 18.8 Å². The van der Waals surface area contributed by atoms with Crippen LogP contribution in [0.25, 0.3) is 0 Å². The van der Waals surface area contributed by atoms with Crippen molar-refractivity contribution in [3.05, 3.63) is 17.7 Å². The second-order valence-corrected chi connectivity index (χ2v) is 4.89. The van der Waals surface area contributed by atoms with Gasteiger partial charge in [-0.2, -0.15) is 0 Å². The second-order valence-electron chi connectivity index (χ2n) is 3.78. The zero-order valence-corrected chi connectivity index (χ0v) is 12.0. The summed E-state index contributed by atoms with van der Waals surface area (Å²) in [5.41, 5.74) is 0.994. The van der Waals surface area contributed by atoms with Crippen LogP contribution in [0.15, 0.2) is 12.1 Å². The number of methoxy groups -OCH3 is 2. The number of nitrogens with one attached hydrogen (secondary N) is 1. The van der Waals surface area contributed by atoms with E-state index < -0.39 is 0 Å². The lowest BCUT2D eigenvalue weighted by Crippen LogP contribution is -2.16. The molecule has 19 heavy (non-hydrogen) atoms. The van der Waals surface area contributed by atoms with Crippen LogP contribution in [0, 0.1) is 12.3 Å². The summed E-state index contributed by atoms with van der Waals surface area (Å²) in [4.78, 5) is 0. The first kappa shape index (κ1) is 15.5. The molecule has 104 valence electrons. The summed E-state index contributed by atoms with van der Waals surface area (Å²) in [5, 5.41) is 13.1. The molecule has 1 aromatic carbocycles. The van der Waals surface area contributed by atoms with Crippen LogP contribution < -0.4 is 14.8 Å². The van der Waals surface area contributed by atoms with Gasteiger partial charge in [0.25, 0.3) is 0 Å². The fourth-order valence-electron chi connectivity index (χ4n) is 1.56. The Hall–Kier alpha value is -1.51. The van der Waals surface area contributed by atoms with Crippen LogP contribution in [0.3, 0.4) is 0 Å². The van der Waals surface area contributed by atoms with Gasteiger partial charge in [-0.3, -0.25) is 0 Å². The third kappa shape index (κ3) is 4.93. The van der Waals surface area contributed by atoms with Crippen molar-refractivity contribution in [1.29, 1.82) is 0 Å². The molecule has 0 atom stereocenters. The van der Waals surface area contributed by atoms with E-state index in [2.05, 4.69) is 11.2 Å². The van der Waals surface area contributed by atoms with E-state index in [1.54, 1.807) is 23.9 Å². The number of rotatable bonds is 8. The Morgan fingerprint density at radius 1 is 1.32 bits per heavy atom. The van der Waals surface area contributed by atoms with Crippen molar-refractivity contribution in [2.75, 3.05) is 32.3 Å². The van der Waals surface area contributed by atoms with Crippen molar-refractivity contribution in [3.63, 3.8) is 0 Å². The average molecular weight is 281 g/mol. The molecule has 0 spiro atoms. The number of terminal acetylenes is 1. The Kier molecular flexibility index (Phi) is 7.01. The maximum absolute atomic E-state index is 9.79. The van der Waals surface area contributed by atoms with Gasteiger partial charge in [0.2, 0.25) is 5.75 Å². The number of benzene rings is 1. The number of aromatic hydroxyl groups is 1. The molecule has 0 aliphatic heterocycles. The fraction of sp³-hybridized carbons (Fsp3) is 0.429. The molecular weight excluding hydrogens is 262 g/mol. The van der Waals surface area contributed by atoms with Crippen LogP contribution in [-0.2, 0) is 6.54 Å². The summed E-state index contributed by atoms with van der Waals surface area (Å²) in [6.07, 6.45) is 5.17. The molecular formula is C14H19NO3S. The third-order valence-electron chi connectivity index (χ3n) is 2.48. The quantitative estimate of drug-likeness (QED) is 0.563. The van der Waals surface area contributed by atoms with Crippen molar-refractivity contribution in [3.8, 4) is 29.6 Å². The summed E-state index contributed by atoms with van der Waals surface area (Å²) in [6, 6.07) is 3.58. The highest BCUT2D eigenvalue weighted by molar-refractivity contribution is 7.99. The molecule has 0 unspecified atom stereocenters. The van der Waals surface area contributed by atoms with Crippen LogP contribution in [0.5, 0.6) is 17.2 Å². The predicted octanol–water partition coefficient (Wildman–Crippen LogP) is 1.87. The average Bonchev–Trinajstić information content (AvgIpc) is 2.44. The Bertz CT molecular complexity index is 418. The van der Waals surface area contributed by atoms with E-state index in [1.807, 2.05) is 0 Å². The normalized spacial score (nSPS) is 9.95. The van der Waals surface area contributed by atoms with Crippen LogP contribution in [0.4, 0.5) is 0 Å². The topological polar surface area (TPSA) is 50.7 Å². The van der Waals surface area contributed by atoms with E-state index in [0.29, 0.717) is 18.0 Å². The third-order valence-corrected chi connectivity index (χ3v) is 3.34. The smallest absolute Gasteiger partial charge is 0.200 e. The first-order valence-electron chi connectivity index (χ1n) is 5.88. The van der Waals surface area contributed by atoms with Gasteiger partial charge in [0.15, 0.2) is 11.5 Å². The molecule has 0 aromatic heterocycles. The molecule has 0 aliphatic carbocycles. The minimum atomic E-state index is 0.0262. The van der Waals surface area contributed by atoms with Gasteiger partial charge < -0.3 is 19.9 Å². The number of ether oxygens (including phenoxy) is 2. The largest absolute Gasteiger partial charge is 0.502 e. The maximum atomic E-state index is 9.79. The van der Waals surface area contributed by atoms with Gasteiger partial charge in [-0.25, -0.2) is 0 Å². The zero-order chi connectivity index (χ0) is 14.1. The second kappa shape index (κ2) is 8.57. The molecule has 0 bridgehead atoms. The maximum Gasteiger partial charge on any atom is 0.200 e. The van der Waals surface area contributed by atoms with E-state index in [9.17, 15) is 5.11 Å². The molecule has 0 amide bonds. The van der Waals surface area contributed by atoms with Crippen molar-refractivity contribution in [2.24, 2.45) is 0 Å². The number of hydrogen-bond donors (Lipinski definition) is 2. The van der Waals surface area contributed by atoms with Gasteiger partial charge in [0.1, 0.15) is 0 Å². The van der Waals surface area contributed by atoms with E-state index in [0.717, 1.165) is 23.6 Å². The molecule has 4 nitrogen and oxygen atoms in total. The number of phenols is 1. The lowest BCUT2D eigenvalue weighted by molar-refractivity contribution is 0.339. The van der Waals surface area contributed by atoms with Gasteiger partial charge in [-0.15, -0.1) is 18.2 Å². The highest BCUT2D eigenvalue weighted by atomic mass is 32.2. The lowest BCUT2D eigenvalue weighted by Gasteiger charge is -2.11. The van der Waals surface area contributed by atoms with Crippen LogP contribution in [0.2, 0.25) is 0 Å². The van der Waals surface area contributed by atoms with Gasteiger partial charge in [0.05, 0.1) is 20.0 Å². The fourth-order valence-corrected chi connectivity index (χ4v) is 2.11. The molecule has 0 fully saturated rings. The van der Waals surface area contributed by atoms with Gasteiger partial charge >= 0.3 is 0 Å². The SMILES string of the molecule is C#CCSCCNCc1cc(OC)c(O)c(OC)c1. The Morgan fingerprint density at radius 2 is 1.95 bits per heavy atom. The summed E-state index contributed by atoms with van der Waals surface area (Å²) >= 11 is 1.72. The summed E-state index contributed by atoms with van der Waals surface area (Å²) in [5.74, 6) is 5.15. The van der Waals surface area contributed by atoms with Crippen molar-refractivity contribution in [1.82, 2.24) is 5.32 Å². The van der Waals surface area contributed by atoms with Crippen molar-refractivity contribution < 1.29 is 14.6 Å². The first-order valence-corrected chi connectivity index (χ1v) is 7.04. The molecule has 0 heterocycles. The van der Waals surface area contributed by atoms with Crippen LogP contribution in [-0.4, -0.2) is 37.4 Å².